The van der Waals surface area contributed by atoms with Crippen LogP contribution in [0.4, 0.5) is 0 Å². The molecule has 1 rings (SSSR count). The standard InChI is InChI=1S/C12H17NO2.ClH/c1-9(14)12(13(2)3)10-5-7-11(15-4)8-6-10;/h5-8,12H,1-4H3;1H. The molecule has 0 fully saturated rings. The van der Waals surface area contributed by atoms with Gasteiger partial charge in [-0.15, -0.1) is 12.4 Å². The van der Waals surface area contributed by atoms with E-state index in [-0.39, 0.29) is 24.2 Å². The number of likely N-dealkylation sites (N-methyl/N-ethyl adjacent to an activating group) is 1. The van der Waals surface area contributed by atoms with Crippen LogP contribution in [-0.4, -0.2) is 31.9 Å². The third-order valence-electron chi connectivity index (χ3n) is 2.33. The van der Waals surface area contributed by atoms with Crippen molar-refractivity contribution in [3.8, 4) is 5.75 Å². The molecule has 1 aromatic carbocycles. The van der Waals surface area contributed by atoms with E-state index in [0.29, 0.717) is 0 Å². The van der Waals surface area contributed by atoms with Crippen LogP contribution in [0.15, 0.2) is 24.3 Å². The van der Waals surface area contributed by atoms with E-state index in [2.05, 4.69) is 0 Å². The Labute approximate surface area is 103 Å². The number of hydrogen-bond acceptors (Lipinski definition) is 3. The Kier molecular flexibility index (Phi) is 6.08. The lowest BCUT2D eigenvalue weighted by Gasteiger charge is -2.22. The van der Waals surface area contributed by atoms with Crippen LogP contribution in [0.1, 0.15) is 18.5 Å². The van der Waals surface area contributed by atoms with Crippen molar-refractivity contribution in [2.75, 3.05) is 21.2 Å². The number of hydrogen-bond donors (Lipinski definition) is 0. The van der Waals surface area contributed by atoms with Crippen molar-refractivity contribution in [1.82, 2.24) is 4.90 Å². The molecule has 0 saturated heterocycles. The largest absolute Gasteiger partial charge is 0.497 e. The minimum Gasteiger partial charge on any atom is -0.497 e. The highest BCUT2D eigenvalue weighted by atomic mass is 35.5. The smallest absolute Gasteiger partial charge is 0.151 e. The quantitative estimate of drug-likeness (QED) is 0.813. The Morgan fingerprint density at radius 3 is 2.06 bits per heavy atom. The molecule has 1 aromatic rings. The first-order chi connectivity index (χ1) is 7.06. The molecule has 0 N–H and O–H groups in total. The Balaban J connectivity index is 0.00000225. The first-order valence-electron chi connectivity index (χ1n) is 4.87. The molecular formula is C12H18ClNO2. The Hall–Kier alpha value is -1.06. The van der Waals surface area contributed by atoms with Gasteiger partial charge in [0.15, 0.2) is 5.78 Å². The van der Waals surface area contributed by atoms with E-state index in [1.807, 2.05) is 43.3 Å². The summed E-state index contributed by atoms with van der Waals surface area (Å²) in [5.41, 5.74) is 0.994. The van der Waals surface area contributed by atoms with Crippen molar-refractivity contribution in [3.05, 3.63) is 29.8 Å². The van der Waals surface area contributed by atoms with Crippen molar-refractivity contribution in [2.24, 2.45) is 0 Å². The number of halogens is 1. The van der Waals surface area contributed by atoms with Gasteiger partial charge in [0, 0.05) is 0 Å². The first kappa shape index (κ1) is 14.9. The monoisotopic (exact) mass is 243 g/mol. The molecule has 0 aliphatic heterocycles. The van der Waals surface area contributed by atoms with Gasteiger partial charge in [0.25, 0.3) is 0 Å². The second-order valence-corrected chi connectivity index (χ2v) is 3.75. The van der Waals surface area contributed by atoms with Crippen LogP contribution in [0.5, 0.6) is 5.75 Å². The topological polar surface area (TPSA) is 29.5 Å². The average Bonchev–Trinajstić information content (AvgIpc) is 2.18. The average molecular weight is 244 g/mol. The molecule has 1 unspecified atom stereocenters. The van der Waals surface area contributed by atoms with Crippen molar-refractivity contribution in [3.63, 3.8) is 0 Å². The zero-order chi connectivity index (χ0) is 11.4. The van der Waals surface area contributed by atoms with E-state index in [4.69, 9.17) is 4.74 Å². The summed E-state index contributed by atoms with van der Waals surface area (Å²) in [5, 5.41) is 0. The normalized spacial score (nSPS) is 11.8. The number of ketones is 1. The van der Waals surface area contributed by atoms with Crippen LogP contribution in [0.25, 0.3) is 0 Å². The molecule has 90 valence electrons. The Morgan fingerprint density at radius 1 is 1.25 bits per heavy atom. The summed E-state index contributed by atoms with van der Waals surface area (Å²) in [6.07, 6.45) is 0. The molecule has 16 heavy (non-hydrogen) atoms. The van der Waals surface area contributed by atoms with Crippen LogP contribution in [0, 0.1) is 0 Å². The van der Waals surface area contributed by atoms with Gasteiger partial charge in [-0.3, -0.25) is 9.69 Å². The van der Waals surface area contributed by atoms with Crippen molar-refractivity contribution < 1.29 is 9.53 Å². The summed E-state index contributed by atoms with van der Waals surface area (Å²) < 4.78 is 5.07. The van der Waals surface area contributed by atoms with E-state index in [9.17, 15) is 4.79 Å². The van der Waals surface area contributed by atoms with Crippen LogP contribution in [0.2, 0.25) is 0 Å². The first-order valence-corrected chi connectivity index (χ1v) is 4.87. The molecule has 0 saturated carbocycles. The van der Waals surface area contributed by atoms with E-state index >= 15 is 0 Å². The van der Waals surface area contributed by atoms with Gasteiger partial charge in [0.2, 0.25) is 0 Å². The molecule has 0 amide bonds. The molecule has 0 aliphatic rings. The minimum atomic E-state index is -0.170. The zero-order valence-corrected chi connectivity index (χ0v) is 10.9. The molecule has 4 heteroatoms. The number of benzene rings is 1. The van der Waals surface area contributed by atoms with Crippen molar-refractivity contribution in [2.45, 2.75) is 13.0 Å². The zero-order valence-electron chi connectivity index (χ0n) is 10.1. The highest BCUT2D eigenvalue weighted by Crippen LogP contribution is 2.21. The predicted octanol–water partition coefficient (Wildman–Crippen LogP) is 2.31. The van der Waals surface area contributed by atoms with Crippen molar-refractivity contribution in [1.29, 1.82) is 0 Å². The van der Waals surface area contributed by atoms with Crippen LogP contribution in [0.3, 0.4) is 0 Å². The van der Waals surface area contributed by atoms with E-state index in [1.165, 1.54) is 0 Å². The highest BCUT2D eigenvalue weighted by Gasteiger charge is 2.18. The second-order valence-electron chi connectivity index (χ2n) is 3.75. The molecule has 0 aliphatic carbocycles. The number of Topliss-reactive ketones (excluding diaryl/α,β-unsaturated/α-hetero) is 1. The lowest BCUT2D eigenvalue weighted by Crippen LogP contribution is -2.25. The number of rotatable bonds is 4. The lowest BCUT2D eigenvalue weighted by atomic mass is 10.0. The van der Waals surface area contributed by atoms with E-state index in [0.717, 1.165) is 11.3 Å². The van der Waals surface area contributed by atoms with E-state index in [1.54, 1.807) is 14.0 Å². The maximum atomic E-state index is 11.5. The summed E-state index contributed by atoms with van der Waals surface area (Å²) in [5.74, 6) is 0.949. The molecule has 0 heterocycles. The van der Waals surface area contributed by atoms with Crippen LogP contribution < -0.4 is 4.74 Å². The summed E-state index contributed by atoms with van der Waals surface area (Å²) in [6, 6.07) is 7.41. The van der Waals surface area contributed by atoms with E-state index < -0.39 is 0 Å². The molecule has 0 spiro atoms. The maximum Gasteiger partial charge on any atom is 0.151 e. The number of carbonyl (C=O) groups is 1. The third kappa shape index (κ3) is 3.51. The fourth-order valence-electron chi connectivity index (χ4n) is 1.68. The van der Waals surface area contributed by atoms with Crippen LogP contribution in [-0.2, 0) is 4.79 Å². The maximum absolute atomic E-state index is 11.5. The molecule has 1 atom stereocenters. The second kappa shape index (κ2) is 6.51. The summed E-state index contributed by atoms with van der Waals surface area (Å²) in [4.78, 5) is 13.4. The number of methoxy groups -OCH3 is 1. The molecular weight excluding hydrogens is 226 g/mol. The summed E-state index contributed by atoms with van der Waals surface area (Å²) in [7, 11) is 5.43. The van der Waals surface area contributed by atoms with Gasteiger partial charge >= 0.3 is 0 Å². The number of carbonyl (C=O) groups excluding carboxylic acids is 1. The Morgan fingerprint density at radius 2 is 1.75 bits per heavy atom. The predicted molar refractivity (Wildman–Crippen MR) is 67.4 cm³/mol. The van der Waals surface area contributed by atoms with Gasteiger partial charge in [0.05, 0.1) is 13.2 Å². The van der Waals surface area contributed by atoms with Gasteiger partial charge < -0.3 is 4.74 Å². The Bertz CT molecular complexity index is 335. The molecule has 0 aromatic heterocycles. The fourth-order valence-corrected chi connectivity index (χ4v) is 1.68. The lowest BCUT2D eigenvalue weighted by molar-refractivity contribution is -0.121. The molecule has 3 nitrogen and oxygen atoms in total. The summed E-state index contributed by atoms with van der Waals surface area (Å²) >= 11 is 0. The van der Waals surface area contributed by atoms with Gasteiger partial charge in [-0.2, -0.15) is 0 Å². The van der Waals surface area contributed by atoms with Crippen molar-refractivity contribution >= 4 is 18.2 Å². The number of nitrogens with zero attached hydrogens (tertiary/aromatic N) is 1. The van der Waals surface area contributed by atoms with Crippen LogP contribution >= 0.6 is 12.4 Å². The minimum absolute atomic E-state index is 0. The molecule has 0 radical (unpaired) electrons. The molecule has 0 bridgehead atoms. The van der Waals surface area contributed by atoms with Gasteiger partial charge in [0.1, 0.15) is 5.75 Å². The highest BCUT2D eigenvalue weighted by molar-refractivity contribution is 5.85. The van der Waals surface area contributed by atoms with Gasteiger partial charge in [-0.1, -0.05) is 12.1 Å². The van der Waals surface area contributed by atoms with Gasteiger partial charge in [-0.25, -0.2) is 0 Å². The third-order valence-corrected chi connectivity index (χ3v) is 2.33. The fraction of sp³-hybridized carbons (Fsp3) is 0.417. The number of ether oxygens (including phenoxy) is 1. The SMILES string of the molecule is COc1ccc(C(C(C)=O)N(C)C)cc1.Cl. The summed E-state index contributed by atoms with van der Waals surface area (Å²) in [6.45, 7) is 1.61. The van der Waals surface area contributed by atoms with Gasteiger partial charge in [-0.05, 0) is 38.7 Å².